The molecule has 0 aliphatic carbocycles. The number of nitrogens with one attached hydrogen (secondary N) is 2. The van der Waals surface area contributed by atoms with Crippen LogP contribution in [0.5, 0.6) is 0 Å². The molecule has 1 amide bonds. The van der Waals surface area contributed by atoms with Gasteiger partial charge in [-0.05, 0) is 17.7 Å². The molecule has 0 saturated heterocycles. The first-order chi connectivity index (χ1) is 11.1. The van der Waals surface area contributed by atoms with Gasteiger partial charge in [-0.15, -0.1) is 0 Å². The van der Waals surface area contributed by atoms with Gasteiger partial charge in [0.1, 0.15) is 0 Å². The van der Waals surface area contributed by atoms with Crippen molar-refractivity contribution < 1.29 is 19.1 Å². The van der Waals surface area contributed by atoms with E-state index >= 15 is 0 Å². The zero-order chi connectivity index (χ0) is 16.7. The molecule has 2 N–H and O–H groups in total. The maximum absolute atomic E-state index is 11.9. The van der Waals surface area contributed by atoms with E-state index in [1.165, 1.54) is 6.92 Å². The highest BCUT2D eigenvalue weighted by Crippen LogP contribution is 2.17. The summed E-state index contributed by atoms with van der Waals surface area (Å²) in [5.74, 6) is -1.10. The van der Waals surface area contributed by atoms with Crippen LogP contribution in [0.3, 0.4) is 0 Å². The third kappa shape index (κ3) is 5.10. The van der Waals surface area contributed by atoms with Crippen LogP contribution in [0.4, 0.5) is 0 Å². The fraction of sp³-hybridized carbons (Fsp3) is 0.235. The highest BCUT2D eigenvalue weighted by Gasteiger charge is 2.19. The number of benzene rings is 1. The number of carbonyl (C=O) groups excluding carboxylic acids is 3. The second kappa shape index (κ2) is 7.93. The Hall–Kier alpha value is -2.89. The van der Waals surface area contributed by atoms with Crippen molar-refractivity contribution in [1.29, 1.82) is 0 Å². The van der Waals surface area contributed by atoms with Gasteiger partial charge < -0.3 is 15.0 Å². The average Bonchev–Trinajstić information content (AvgIpc) is 3.07. The predicted molar refractivity (Wildman–Crippen MR) is 83.7 cm³/mol. The maximum Gasteiger partial charge on any atom is 0.308 e. The van der Waals surface area contributed by atoms with E-state index in [1.807, 2.05) is 30.3 Å². The van der Waals surface area contributed by atoms with Crippen LogP contribution in [-0.2, 0) is 14.3 Å². The predicted octanol–water partition coefficient (Wildman–Crippen LogP) is 2.01. The molecular weight excluding hydrogens is 296 g/mol. The Morgan fingerprint density at radius 3 is 2.48 bits per heavy atom. The minimum Gasteiger partial charge on any atom is -0.457 e. The van der Waals surface area contributed by atoms with E-state index in [9.17, 15) is 14.4 Å². The third-order valence-electron chi connectivity index (χ3n) is 3.21. The van der Waals surface area contributed by atoms with Gasteiger partial charge in [-0.1, -0.05) is 30.3 Å². The molecular formula is C17H18N2O4. The van der Waals surface area contributed by atoms with Gasteiger partial charge in [0.25, 0.3) is 0 Å². The number of amides is 1. The van der Waals surface area contributed by atoms with E-state index in [0.29, 0.717) is 5.69 Å². The fourth-order valence-electron chi connectivity index (χ4n) is 2.14. The molecule has 1 heterocycles. The van der Waals surface area contributed by atoms with Crippen molar-refractivity contribution in [2.24, 2.45) is 0 Å². The molecule has 120 valence electrons. The van der Waals surface area contributed by atoms with E-state index in [2.05, 4.69) is 10.3 Å². The van der Waals surface area contributed by atoms with Crippen molar-refractivity contribution in [3.8, 4) is 0 Å². The minimum absolute atomic E-state index is 0.0401. The summed E-state index contributed by atoms with van der Waals surface area (Å²) in [7, 11) is 0. The molecule has 2 rings (SSSR count). The van der Waals surface area contributed by atoms with Crippen LogP contribution < -0.4 is 5.32 Å². The van der Waals surface area contributed by atoms with E-state index in [0.717, 1.165) is 5.56 Å². The van der Waals surface area contributed by atoms with Gasteiger partial charge in [0.05, 0.1) is 18.2 Å². The Morgan fingerprint density at radius 2 is 1.87 bits per heavy atom. The van der Waals surface area contributed by atoms with Crippen LogP contribution in [0.2, 0.25) is 0 Å². The number of esters is 1. The summed E-state index contributed by atoms with van der Waals surface area (Å²) < 4.78 is 5.00. The number of hydrogen-bond donors (Lipinski definition) is 2. The summed E-state index contributed by atoms with van der Waals surface area (Å²) in [5, 5.41) is 2.71. The maximum atomic E-state index is 11.9. The second-order valence-electron chi connectivity index (χ2n) is 5.04. The van der Waals surface area contributed by atoms with Crippen molar-refractivity contribution in [2.75, 3.05) is 6.61 Å². The standard InChI is InChI=1S/C17H18N2O4/c1-12(20)19-15(13-6-3-2-4-7-13)10-17(22)23-11-16(21)14-8-5-9-18-14/h2-9,15,18H,10-11H2,1H3,(H,19,20). The van der Waals surface area contributed by atoms with Crippen molar-refractivity contribution in [3.63, 3.8) is 0 Å². The Labute approximate surface area is 133 Å². The minimum atomic E-state index is -0.549. The lowest BCUT2D eigenvalue weighted by molar-refractivity contribution is -0.143. The first kappa shape index (κ1) is 16.5. The average molecular weight is 314 g/mol. The van der Waals surface area contributed by atoms with Gasteiger partial charge >= 0.3 is 5.97 Å². The zero-order valence-electron chi connectivity index (χ0n) is 12.7. The lowest BCUT2D eigenvalue weighted by Gasteiger charge is -2.17. The molecule has 0 saturated carbocycles. The molecule has 0 aliphatic rings. The van der Waals surface area contributed by atoms with Gasteiger partial charge in [-0.25, -0.2) is 0 Å². The molecule has 0 radical (unpaired) electrons. The molecule has 1 atom stereocenters. The quantitative estimate of drug-likeness (QED) is 0.604. The first-order valence-corrected chi connectivity index (χ1v) is 7.20. The smallest absolute Gasteiger partial charge is 0.308 e. The fourth-order valence-corrected chi connectivity index (χ4v) is 2.14. The number of rotatable bonds is 7. The van der Waals surface area contributed by atoms with Crippen LogP contribution in [0.1, 0.15) is 35.4 Å². The first-order valence-electron chi connectivity index (χ1n) is 7.20. The van der Waals surface area contributed by atoms with E-state index in [1.54, 1.807) is 18.3 Å². The Morgan fingerprint density at radius 1 is 1.13 bits per heavy atom. The summed E-state index contributed by atoms with van der Waals surface area (Å²) in [5.41, 5.74) is 1.19. The molecule has 0 fully saturated rings. The van der Waals surface area contributed by atoms with Crippen molar-refractivity contribution in [2.45, 2.75) is 19.4 Å². The van der Waals surface area contributed by atoms with Crippen LogP contribution in [0.15, 0.2) is 48.7 Å². The molecule has 2 aromatic rings. The van der Waals surface area contributed by atoms with E-state index in [-0.39, 0.29) is 24.7 Å². The molecule has 0 bridgehead atoms. The summed E-state index contributed by atoms with van der Waals surface area (Å²) in [4.78, 5) is 37.8. The number of ether oxygens (including phenoxy) is 1. The normalized spacial score (nSPS) is 11.5. The molecule has 6 nitrogen and oxygen atoms in total. The molecule has 1 aromatic carbocycles. The van der Waals surface area contributed by atoms with E-state index in [4.69, 9.17) is 4.74 Å². The monoisotopic (exact) mass is 314 g/mol. The number of Topliss-reactive ketones (excluding diaryl/α,β-unsaturated/α-hetero) is 1. The lowest BCUT2D eigenvalue weighted by atomic mass is 10.0. The molecule has 1 unspecified atom stereocenters. The van der Waals surface area contributed by atoms with Gasteiger partial charge in [0, 0.05) is 13.1 Å². The zero-order valence-corrected chi connectivity index (χ0v) is 12.7. The lowest BCUT2D eigenvalue weighted by Crippen LogP contribution is -2.29. The van der Waals surface area contributed by atoms with Gasteiger partial charge in [0.2, 0.25) is 11.7 Å². The van der Waals surface area contributed by atoms with Crippen LogP contribution in [0, 0.1) is 0 Å². The largest absolute Gasteiger partial charge is 0.457 e. The van der Waals surface area contributed by atoms with Crippen LogP contribution in [0.25, 0.3) is 0 Å². The van der Waals surface area contributed by atoms with Crippen LogP contribution in [-0.4, -0.2) is 29.3 Å². The van der Waals surface area contributed by atoms with Crippen LogP contribution >= 0.6 is 0 Å². The molecule has 6 heteroatoms. The SMILES string of the molecule is CC(=O)NC(CC(=O)OCC(=O)c1ccc[nH]1)c1ccccc1. The summed E-state index contributed by atoms with van der Waals surface area (Å²) in [6.07, 6.45) is 1.58. The Kier molecular flexibility index (Phi) is 5.68. The molecule has 1 aromatic heterocycles. The summed E-state index contributed by atoms with van der Waals surface area (Å²) in [6.45, 7) is 1.05. The van der Waals surface area contributed by atoms with Crippen molar-refractivity contribution in [3.05, 3.63) is 59.9 Å². The summed E-state index contributed by atoms with van der Waals surface area (Å²) in [6, 6.07) is 11.9. The van der Waals surface area contributed by atoms with Gasteiger partial charge in [0.15, 0.2) is 6.61 Å². The highest BCUT2D eigenvalue weighted by molar-refractivity contribution is 5.96. The van der Waals surface area contributed by atoms with Gasteiger partial charge in [-0.3, -0.25) is 14.4 Å². The molecule has 0 spiro atoms. The topological polar surface area (TPSA) is 88.3 Å². The highest BCUT2D eigenvalue weighted by atomic mass is 16.5. The van der Waals surface area contributed by atoms with Crippen molar-refractivity contribution in [1.82, 2.24) is 10.3 Å². The number of aromatic amines is 1. The second-order valence-corrected chi connectivity index (χ2v) is 5.04. The Bertz CT molecular complexity index is 665. The van der Waals surface area contributed by atoms with Crippen molar-refractivity contribution >= 4 is 17.7 Å². The number of ketones is 1. The molecule has 23 heavy (non-hydrogen) atoms. The third-order valence-corrected chi connectivity index (χ3v) is 3.21. The number of H-pyrrole nitrogens is 1. The Balaban J connectivity index is 1.92. The summed E-state index contributed by atoms with van der Waals surface area (Å²) >= 11 is 0. The number of aromatic nitrogens is 1. The number of hydrogen-bond acceptors (Lipinski definition) is 4. The molecule has 0 aliphatic heterocycles. The van der Waals surface area contributed by atoms with Gasteiger partial charge in [-0.2, -0.15) is 0 Å². The van der Waals surface area contributed by atoms with E-state index < -0.39 is 12.0 Å². The number of carbonyl (C=O) groups is 3.